The number of hydrogen-bond donors (Lipinski definition) is 1. The highest BCUT2D eigenvalue weighted by atomic mass is 16.5. The second-order valence-corrected chi connectivity index (χ2v) is 8.18. The van der Waals surface area contributed by atoms with E-state index in [1.165, 1.54) is 5.56 Å². The minimum absolute atomic E-state index is 0.0254. The molecule has 2 aliphatic carbocycles. The van der Waals surface area contributed by atoms with Crippen molar-refractivity contribution in [2.75, 3.05) is 6.61 Å². The number of cyclic esters (lactones) is 1. The monoisotopic (exact) mass is 330 g/mol. The van der Waals surface area contributed by atoms with Crippen LogP contribution in [0.5, 0.6) is 0 Å². The Hall–Kier alpha value is -1.55. The minimum atomic E-state index is -0.397. The first kappa shape index (κ1) is 15.9. The van der Waals surface area contributed by atoms with Crippen molar-refractivity contribution < 1.29 is 19.1 Å². The third kappa shape index (κ3) is 2.12. The van der Waals surface area contributed by atoms with Crippen LogP contribution in [0.3, 0.4) is 0 Å². The topological polar surface area (TPSA) is 59.7 Å². The Morgan fingerprint density at radius 3 is 3.00 bits per heavy atom. The lowest BCUT2D eigenvalue weighted by molar-refractivity contribution is -0.138. The number of carbonyl (C=O) groups is 1. The van der Waals surface area contributed by atoms with Crippen LogP contribution < -0.4 is 0 Å². The maximum Gasteiger partial charge on any atom is 0.334 e. The smallest absolute Gasteiger partial charge is 0.334 e. The van der Waals surface area contributed by atoms with Gasteiger partial charge in [-0.25, -0.2) is 4.79 Å². The molecule has 1 N–H and O–H groups in total. The molecule has 130 valence electrons. The van der Waals surface area contributed by atoms with Gasteiger partial charge in [0.2, 0.25) is 0 Å². The van der Waals surface area contributed by atoms with Crippen LogP contribution in [0.2, 0.25) is 0 Å². The molecular formula is C20H26O4. The first-order valence-corrected chi connectivity index (χ1v) is 9.04. The molecule has 4 nitrogen and oxygen atoms in total. The molecule has 0 aromatic carbocycles. The van der Waals surface area contributed by atoms with E-state index in [2.05, 4.69) is 19.9 Å². The molecule has 2 fully saturated rings. The van der Waals surface area contributed by atoms with E-state index in [0.29, 0.717) is 18.9 Å². The maximum absolute atomic E-state index is 12.2. The lowest BCUT2D eigenvalue weighted by Crippen LogP contribution is -2.56. The second kappa shape index (κ2) is 5.48. The van der Waals surface area contributed by atoms with Crippen molar-refractivity contribution in [2.24, 2.45) is 22.7 Å². The number of ether oxygens (including phenoxy) is 1. The molecule has 1 aromatic heterocycles. The van der Waals surface area contributed by atoms with E-state index in [9.17, 15) is 9.90 Å². The molecular weight excluding hydrogens is 304 g/mol. The van der Waals surface area contributed by atoms with Crippen LogP contribution in [-0.4, -0.2) is 23.8 Å². The highest BCUT2D eigenvalue weighted by Crippen LogP contribution is 2.63. The molecule has 1 aromatic rings. The van der Waals surface area contributed by atoms with Gasteiger partial charge < -0.3 is 14.3 Å². The zero-order chi connectivity index (χ0) is 16.9. The summed E-state index contributed by atoms with van der Waals surface area (Å²) in [6.07, 6.45) is 9.75. The third-order valence-corrected chi connectivity index (χ3v) is 7.21. The second-order valence-electron chi connectivity index (χ2n) is 8.18. The molecule has 24 heavy (non-hydrogen) atoms. The quantitative estimate of drug-likeness (QED) is 0.862. The summed E-state index contributed by atoms with van der Waals surface area (Å²) < 4.78 is 10.7. The Labute approximate surface area is 142 Å². The lowest BCUT2D eigenvalue weighted by Gasteiger charge is -2.58. The van der Waals surface area contributed by atoms with Crippen molar-refractivity contribution in [3.8, 4) is 0 Å². The van der Waals surface area contributed by atoms with Crippen molar-refractivity contribution >= 4 is 5.97 Å². The van der Waals surface area contributed by atoms with Crippen LogP contribution >= 0.6 is 0 Å². The zero-order valence-electron chi connectivity index (χ0n) is 14.5. The van der Waals surface area contributed by atoms with Gasteiger partial charge in [-0.2, -0.15) is 0 Å². The molecule has 3 aliphatic rings. The van der Waals surface area contributed by atoms with Gasteiger partial charge in [0, 0.05) is 11.0 Å². The highest BCUT2D eigenvalue weighted by Gasteiger charge is 2.63. The number of allylic oxidation sites excluding steroid dienone is 1. The van der Waals surface area contributed by atoms with E-state index in [1.54, 1.807) is 12.5 Å². The van der Waals surface area contributed by atoms with Gasteiger partial charge in [0.1, 0.15) is 6.61 Å². The Bertz CT molecular complexity index is 661. The minimum Gasteiger partial charge on any atom is -0.472 e. The highest BCUT2D eigenvalue weighted by molar-refractivity contribution is 5.92. The van der Waals surface area contributed by atoms with E-state index in [-0.39, 0.29) is 22.7 Å². The first-order chi connectivity index (χ1) is 11.5. The number of hydrogen-bond acceptors (Lipinski definition) is 4. The summed E-state index contributed by atoms with van der Waals surface area (Å²) in [6.45, 7) is 4.91. The van der Waals surface area contributed by atoms with Gasteiger partial charge in [0.25, 0.3) is 0 Å². The Balaban J connectivity index is 1.69. The molecule has 2 heterocycles. The van der Waals surface area contributed by atoms with E-state index in [4.69, 9.17) is 9.15 Å². The first-order valence-electron chi connectivity index (χ1n) is 9.04. The van der Waals surface area contributed by atoms with E-state index in [1.807, 2.05) is 6.07 Å². The lowest BCUT2D eigenvalue weighted by atomic mass is 9.46. The third-order valence-electron chi connectivity index (χ3n) is 7.21. The van der Waals surface area contributed by atoms with Crippen LogP contribution in [-0.2, 0) is 16.0 Å². The number of esters is 1. The van der Waals surface area contributed by atoms with Crippen molar-refractivity contribution in [3.63, 3.8) is 0 Å². The summed E-state index contributed by atoms with van der Waals surface area (Å²) in [7, 11) is 0. The van der Waals surface area contributed by atoms with Gasteiger partial charge in [-0.05, 0) is 61.0 Å². The van der Waals surface area contributed by atoms with E-state index >= 15 is 0 Å². The molecule has 4 heteroatoms. The molecule has 0 bridgehead atoms. The Morgan fingerprint density at radius 1 is 1.42 bits per heavy atom. The van der Waals surface area contributed by atoms with Crippen molar-refractivity contribution in [3.05, 3.63) is 35.8 Å². The van der Waals surface area contributed by atoms with Crippen LogP contribution in [0.25, 0.3) is 0 Å². The molecule has 1 spiro atoms. The summed E-state index contributed by atoms with van der Waals surface area (Å²) in [5.74, 6) is 0.412. The Morgan fingerprint density at radius 2 is 2.25 bits per heavy atom. The van der Waals surface area contributed by atoms with Crippen LogP contribution in [0, 0.1) is 22.7 Å². The molecule has 0 unspecified atom stereocenters. The molecule has 0 amide bonds. The van der Waals surface area contributed by atoms with Gasteiger partial charge in [-0.1, -0.05) is 19.9 Å². The molecule has 1 saturated carbocycles. The van der Waals surface area contributed by atoms with Gasteiger partial charge in [0.05, 0.1) is 18.6 Å². The van der Waals surface area contributed by atoms with Crippen LogP contribution in [0.1, 0.15) is 45.1 Å². The fourth-order valence-electron chi connectivity index (χ4n) is 5.63. The largest absolute Gasteiger partial charge is 0.472 e. The Kier molecular flexibility index (Phi) is 3.64. The zero-order valence-corrected chi connectivity index (χ0v) is 14.5. The van der Waals surface area contributed by atoms with E-state index < -0.39 is 6.10 Å². The fourth-order valence-corrected chi connectivity index (χ4v) is 5.63. The molecule has 1 saturated heterocycles. The van der Waals surface area contributed by atoms with Crippen LogP contribution in [0.15, 0.2) is 34.7 Å². The van der Waals surface area contributed by atoms with Gasteiger partial charge in [-0.3, -0.25) is 0 Å². The number of aliphatic hydroxyl groups is 1. The van der Waals surface area contributed by atoms with Crippen LogP contribution in [0.4, 0.5) is 0 Å². The fraction of sp³-hybridized carbons (Fsp3) is 0.650. The standard InChI is InChI=1S/C20H26O4/c1-13-16(21)10-20-12-24-18(22)15(20)4-3-5-17(20)19(13,2)8-6-14-7-9-23-11-14/h4,7,9,11,13,16-17,21H,3,5-6,8,10,12H2,1-2H3/t13-,16-,17-,19+,20+/m1/s1. The predicted octanol–water partition coefficient (Wildman–Crippen LogP) is 3.50. The SMILES string of the molecule is C[C@@H]1[C@H](O)C[C@]23COC(=O)C2=CCC[C@@H]3[C@@]1(C)CCc1ccoc1. The summed E-state index contributed by atoms with van der Waals surface area (Å²) in [6, 6.07) is 2.01. The number of furan rings is 1. The van der Waals surface area contributed by atoms with Crippen molar-refractivity contribution in [1.29, 1.82) is 0 Å². The van der Waals surface area contributed by atoms with Gasteiger partial charge in [-0.15, -0.1) is 0 Å². The number of aryl methyl sites for hydroxylation is 1. The van der Waals surface area contributed by atoms with Crippen molar-refractivity contribution in [2.45, 2.75) is 52.1 Å². The van der Waals surface area contributed by atoms with Gasteiger partial charge >= 0.3 is 5.97 Å². The van der Waals surface area contributed by atoms with Gasteiger partial charge in [0.15, 0.2) is 0 Å². The number of aliphatic hydroxyl groups excluding tert-OH is 1. The van der Waals surface area contributed by atoms with E-state index in [0.717, 1.165) is 31.3 Å². The summed E-state index contributed by atoms with van der Waals surface area (Å²) in [5, 5.41) is 10.8. The summed E-state index contributed by atoms with van der Waals surface area (Å²) >= 11 is 0. The summed E-state index contributed by atoms with van der Waals surface area (Å²) in [4.78, 5) is 12.2. The maximum atomic E-state index is 12.2. The molecule has 5 atom stereocenters. The predicted molar refractivity (Wildman–Crippen MR) is 89.1 cm³/mol. The van der Waals surface area contributed by atoms with Crippen molar-refractivity contribution in [1.82, 2.24) is 0 Å². The molecule has 1 aliphatic heterocycles. The normalized spacial score (nSPS) is 41.4. The molecule has 0 radical (unpaired) electrons. The number of rotatable bonds is 3. The number of carbonyl (C=O) groups excluding carboxylic acids is 1. The molecule has 4 rings (SSSR count). The average Bonchev–Trinajstić information content (AvgIpc) is 3.19. The average molecular weight is 330 g/mol. The summed E-state index contributed by atoms with van der Waals surface area (Å²) in [5.41, 5.74) is 1.72.